The van der Waals surface area contributed by atoms with E-state index in [9.17, 15) is 5.11 Å². The van der Waals surface area contributed by atoms with E-state index < -0.39 is 0 Å². The Labute approximate surface area is 95.5 Å². The largest absolute Gasteiger partial charge is 0.395 e. The van der Waals surface area contributed by atoms with Gasteiger partial charge in [-0.15, -0.1) is 0 Å². The van der Waals surface area contributed by atoms with Gasteiger partial charge in [0.25, 0.3) is 0 Å². The zero-order chi connectivity index (χ0) is 11.7. The molecule has 0 aliphatic heterocycles. The van der Waals surface area contributed by atoms with Crippen LogP contribution in [0, 0.1) is 5.92 Å². The van der Waals surface area contributed by atoms with E-state index in [-0.39, 0.29) is 12.6 Å². The molecule has 0 aromatic carbocycles. The van der Waals surface area contributed by atoms with Crippen LogP contribution in [0.15, 0.2) is 0 Å². The molecule has 0 fully saturated rings. The van der Waals surface area contributed by atoms with E-state index in [1.807, 2.05) is 0 Å². The Morgan fingerprint density at radius 2 is 1.80 bits per heavy atom. The number of nitrogens with one attached hydrogen (secondary N) is 1. The molecule has 92 valence electrons. The molecule has 15 heavy (non-hydrogen) atoms. The van der Waals surface area contributed by atoms with Gasteiger partial charge in [0.2, 0.25) is 0 Å². The minimum atomic E-state index is 0.260. The lowest BCUT2D eigenvalue weighted by Crippen LogP contribution is -2.39. The molecule has 2 atom stereocenters. The highest BCUT2D eigenvalue weighted by atomic mass is 16.3. The average molecular weight is 215 g/mol. The first-order valence-electron chi connectivity index (χ1n) is 6.47. The summed E-state index contributed by atoms with van der Waals surface area (Å²) in [6, 6.07) is 0.814. The molecule has 0 spiro atoms. The van der Waals surface area contributed by atoms with Crippen molar-refractivity contribution in [2.75, 3.05) is 6.61 Å². The average Bonchev–Trinajstić information content (AvgIpc) is 2.16. The van der Waals surface area contributed by atoms with Gasteiger partial charge in [0.1, 0.15) is 0 Å². The number of rotatable bonds is 9. The van der Waals surface area contributed by atoms with Crippen molar-refractivity contribution in [2.24, 2.45) is 5.92 Å². The second-order valence-electron chi connectivity index (χ2n) is 5.07. The lowest BCUT2D eigenvalue weighted by Gasteiger charge is -2.23. The Kier molecular flexibility index (Phi) is 9.12. The summed E-state index contributed by atoms with van der Waals surface area (Å²) in [5.74, 6) is 0.650. The minimum Gasteiger partial charge on any atom is -0.395 e. The molecule has 0 amide bonds. The van der Waals surface area contributed by atoms with Gasteiger partial charge in [-0.1, -0.05) is 40.0 Å². The van der Waals surface area contributed by atoms with Crippen molar-refractivity contribution in [3.63, 3.8) is 0 Å². The number of hydrogen-bond donors (Lipinski definition) is 2. The summed E-state index contributed by atoms with van der Waals surface area (Å²) in [5.41, 5.74) is 0. The zero-order valence-electron chi connectivity index (χ0n) is 10.9. The Bertz CT molecular complexity index is 136. The molecule has 0 aliphatic carbocycles. The highest BCUT2D eigenvalue weighted by Crippen LogP contribution is 2.08. The van der Waals surface area contributed by atoms with Crippen LogP contribution in [0.4, 0.5) is 0 Å². The van der Waals surface area contributed by atoms with Gasteiger partial charge in [0.05, 0.1) is 6.61 Å². The molecule has 2 N–H and O–H groups in total. The molecule has 2 heteroatoms. The van der Waals surface area contributed by atoms with Crippen molar-refractivity contribution in [1.29, 1.82) is 0 Å². The highest BCUT2D eigenvalue weighted by Gasteiger charge is 2.12. The normalized spacial score (nSPS) is 15.6. The van der Waals surface area contributed by atoms with Crippen molar-refractivity contribution < 1.29 is 5.11 Å². The molecule has 2 nitrogen and oxygen atoms in total. The number of hydrogen-bond acceptors (Lipinski definition) is 2. The Hall–Kier alpha value is -0.0800. The molecule has 0 bridgehead atoms. The quantitative estimate of drug-likeness (QED) is 0.580. The first-order valence-corrected chi connectivity index (χ1v) is 6.47. The smallest absolute Gasteiger partial charge is 0.0584 e. The van der Waals surface area contributed by atoms with Gasteiger partial charge in [-0.2, -0.15) is 0 Å². The highest BCUT2D eigenvalue weighted by molar-refractivity contribution is 4.72. The second-order valence-corrected chi connectivity index (χ2v) is 5.07. The van der Waals surface area contributed by atoms with Crippen molar-refractivity contribution in [3.05, 3.63) is 0 Å². The summed E-state index contributed by atoms with van der Waals surface area (Å²) in [5, 5.41) is 12.7. The van der Waals surface area contributed by atoms with Crippen molar-refractivity contribution in [3.8, 4) is 0 Å². The van der Waals surface area contributed by atoms with E-state index in [2.05, 4.69) is 33.0 Å². The van der Waals surface area contributed by atoms with Crippen LogP contribution in [0.5, 0.6) is 0 Å². The van der Waals surface area contributed by atoms with Crippen LogP contribution in [0.25, 0.3) is 0 Å². The Balaban J connectivity index is 3.65. The van der Waals surface area contributed by atoms with Crippen LogP contribution in [-0.2, 0) is 0 Å². The predicted molar refractivity (Wildman–Crippen MR) is 67.1 cm³/mol. The maximum absolute atomic E-state index is 9.23. The summed E-state index contributed by atoms with van der Waals surface area (Å²) in [4.78, 5) is 0. The van der Waals surface area contributed by atoms with Crippen LogP contribution in [0.2, 0.25) is 0 Å². The topological polar surface area (TPSA) is 32.3 Å². The molecule has 0 unspecified atom stereocenters. The SMILES string of the molecule is CCCCC[C@@H](C)N[C@H](CO)CC(C)C. The van der Waals surface area contributed by atoms with Crippen molar-refractivity contribution in [2.45, 2.75) is 71.9 Å². The zero-order valence-corrected chi connectivity index (χ0v) is 10.9. The minimum absolute atomic E-state index is 0.260. The molecule has 0 aromatic heterocycles. The molecule has 0 saturated carbocycles. The van der Waals surface area contributed by atoms with Gasteiger partial charge in [-0.05, 0) is 25.7 Å². The fourth-order valence-corrected chi connectivity index (χ4v) is 1.95. The fourth-order valence-electron chi connectivity index (χ4n) is 1.95. The Morgan fingerprint density at radius 3 is 2.27 bits per heavy atom. The Morgan fingerprint density at radius 1 is 1.13 bits per heavy atom. The molecular weight excluding hydrogens is 186 g/mol. The molecule has 0 aromatic rings. The third kappa shape index (κ3) is 8.88. The molecule has 0 heterocycles. The number of aliphatic hydroxyl groups excluding tert-OH is 1. The summed E-state index contributed by atoms with van der Waals surface area (Å²) in [7, 11) is 0. The van der Waals surface area contributed by atoms with Gasteiger partial charge in [0.15, 0.2) is 0 Å². The van der Waals surface area contributed by atoms with Gasteiger partial charge < -0.3 is 10.4 Å². The maximum atomic E-state index is 9.23. The molecule has 0 rings (SSSR count). The second kappa shape index (κ2) is 9.17. The lowest BCUT2D eigenvalue weighted by molar-refractivity contribution is 0.212. The van der Waals surface area contributed by atoms with Crippen molar-refractivity contribution in [1.82, 2.24) is 5.32 Å². The van der Waals surface area contributed by atoms with Crippen molar-refractivity contribution >= 4 is 0 Å². The van der Waals surface area contributed by atoms with E-state index in [1.54, 1.807) is 0 Å². The molecular formula is C13H29NO. The van der Waals surface area contributed by atoms with Crippen LogP contribution >= 0.6 is 0 Å². The monoisotopic (exact) mass is 215 g/mol. The van der Waals surface area contributed by atoms with Crippen LogP contribution in [-0.4, -0.2) is 23.8 Å². The third-order valence-electron chi connectivity index (χ3n) is 2.74. The first kappa shape index (κ1) is 14.9. The third-order valence-corrected chi connectivity index (χ3v) is 2.74. The summed E-state index contributed by atoms with van der Waals surface area (Å²) in [6.45, 7) is 9.11. The van der Waals surface area contributed by atoms with Crippen LogP contribution in [0.1, 0.15) is 59.8 Å². The van der Waals surface area contributed by atoms with Gasteiger partial charge >= 0.3 is 0 Å². The van der Waals surface area contributed by atoms with E-state index in [4.69, 9.17) is 0 Å². The van der Waals surface area contributed by atoms with Crippen LogP contribution < -0.4 is 5.32 Å². The van der Waals surface area contributed by atoms with Gasteiger partial charge in [-0.3, -0.25) is 0 Å². The fraction of sp³-hybridized carbons (Fsp3) is 1.00. The van der Waals surface area contributed by atoms with Gasteiger partial charge in [0, 0.05) is 12.1 Å². The summed E-state index contributed by atoms with van der Waals surface area (Å²) < 4.78 is 0. The van der Waals surface area contributed by atoms with Crippen LogP contribution in [0.3, 0.4) is 0 Å². The standard InChI is InChI=1S/C13H29NO/c1-5-6-7-8-12(4)14-13(10-15)9-11(2)3/h11-15H,5-10H2,1-4H3/t12-,13+/m1/s1. The lowest BCUT2D eigenvalue weighted by atomic mass is 10.0. The maximum Gasteiger partial charge on any atom is 0.0584 e. The number of unbranched alkanes of at least 4 members (excludes halogenated alkanes) is 2. The van der Waals surface area contributed by atoms with Gasteiger partial charge in [-0.25, -0.2) is 0 Å². The van der Waals surface area contributed by atoms with E-state index in [0.29, 0.717) is 12.0 Å². The molecule has 0 saturated heterocycles. The molecule has 0 aliphatic rings. The predicted octanol–water partition coefficient (Wildman–Crippen LogP) is 2.95. The van der Waals surface area contributed by atoms with E-state index in [1.165, 1.54) is 25.7 Å². The summed E-state index contributed by atoms with van der Waals surface area (Å²) in [6.07, 6.45) is 6.18. The molecule has 0 radical (unpaired) electrons. The number of aliphatic hydroxyl groups is 1. The first-order chi connectivity index (χ1) is 7.10. The summed E-state index contributed by atoms with van der Waals surface area (Å²) >= 11 is 0. The van der Waals surface area contributed by atoms with E-state index in [0.717, 1.165) is 6.42 Å². The van der Waals surface area contributed by atoms with E-state index >= 15 is 0 Å².